The van der Waals surface area contributed by atoms with E-state index in [0.717, 1.165) is 11.3 Å². The third-order valence-electron chi connectivity index (χ3n) is 2.77. The normalized spacial score (nSPS) is 11.1. The molecule has 0 bridgehead atoms. The quantitative estimate of drug-likeness (QED) is 0.682. The summed E-state index contributed by atoms with van der Waals surface area (Å²) in [6, 6.07) is 5.61. The van der Waals surface area contributed by atoms with Crippen LogP contribution in [0.4, 0.5) is 5.13 Å². The first-order valence-corrected chi connectivity index (χ1v) is 9.19. The average molecular weight is 389 g/mol. The fourth-order valence-corrected chi connectivity index (χ4v) is 3.93. The Morgan fingerprint density at radius 1 is 1.29 bits per heavy atom. The van der Waals surface area contributed by atoms with Gasteiger partial charge in [-0.25, -0.2) is 13.4 Å². The van der Waals surface area contributed by atoms with E-state index < -0.39 is 21.8 Å². The molecule has 0 spiro atoms. The zero-order valence-electron chi connectivity index (χ0n) is 12.4. The Morgan fingerprint density at radius 3 is 2.50 bits per heavy atom. The minimum atomic E-state index is -3.85. The molecule has 2 rings (SSSR count). The van der Waals surface area contributed by atoms with Crippen LogP contribution >= 0.6 is 22.9 Å². The number of carbonyl (C=O) groups is 2. The monoisotopic (exact) mass is 388 g/mol. The second-order valence-electron chi connectivity index (χ2n) is 4.64. The van der Waals surface area contributed by atoms with Crippen molar-refractivity contribution in [1.29, 1.82) is 0 Å². The lowest BCUT2D eigenvalue weighted by Gasteiger charge is -2.04. The Kier molecular flexibility index (Phi) is 5.42. The number of nitrogens with two attached hydrogens (primary N) is 1. The maximum Gasteiger partial charge on any atom is 0.263 e. The van der Waals surface area contributed by atoms with Crippen LogP contribution in [0.1, 0.15) is 15.4 Å². The van der Waals surface area contributed by atoms with Crippen molar-refractivity contribution in [3.8, 4) is 0 Å². The van der Waals surface area contributed by atoms with Crippen molar-refractivity contribution in [3.05, 3.63) is 39.9 Å². The Hall–Kier alpha value is -2.17. The van der Waals surface area contributed by atoms with Crippen LogP contribution < -0.4 is 15.8 Å². The van der Waals surface area contributed by atoms with Gasteiger partial charge in [0, 0.05) is 5.02 Å². The number of nitrogens with one attached hydrogen (secondary N) is 2. The molecule has 11 heteroatoms. The fraction of sp³-hybridized carbons (Fsp3) is 0.154. The molecule has 0 radical (unpaired) electrons. The Morgan fingerprint density at radius 2 is 1.92 bits per heavy atom. The molecule has 0 atom stereocenters. The molecule has 128 valence electrons. The van der Waals surface area contributed by atoms with E-state index in [-0.39, 0.29) is 21.4 Å². The molecule has 1 aromatic carbocycles. The van der Waals surface area contributed by atoms with Crippen LogP contribution in [0.15, 0.2) is 29.2 Å². The zero-order chi connectivity index (χ0) is 17.9. The molecule has 0 aliphatic heterocycles. The SMILES string of the molecule is Cc1nc(NS(=O)(=O)c2ccc(Cl)cc2)sc1C(=O)NCC(N)=O. The van der Waals surface area contributed by atoms with Gasteiger partial charge in [0.2, 0.25) is 5.91 Å². The molecule has 0 fully saturated rings. The van der Waals surface area contributed by atoms with Gasteiger partial charge in [-0.15, -0.1) is 0 Å². The van der Waals surface area contributed by atoms with Gasteiger partial charge in [0.1, 0.15) is 4.88 Å². The largest absolute Gasteiger partial charge is 0.368 e. The Bertz CT molecular complexity index is 878. The summed E-state index contributed by atoms with van der Waals surface area (Å²) in [7, 11) is -3.85. The Balaban J connectivity index is 2.19. The van der Waals surface area contributed by atoms with E-state index in [4.69, 9.17) is 17.3 Å². The fourth-order valence-electron chi connectivity index (χ4n) is 1.69. The molecule has 0 aliphatic rings. The molecule has 4 N–H and O–H groups in total. The van der Waals surface area contributed by atoms with Crippen molar-refractivity contribution in [2.75, 3.05) is 11.3 Å². The first-order chi connectivity index (χ1) is 11.2. The molecule has 2 amide bonds. The number of hydrogen-bond acceptors (Lipinski definition) is 6. The van der Waals surface area contributed by atoms with Crippen molar-refractivity contribution in [2.24, 2.45) is 5.73 Å². The number of aryl methyl sites for hydroxylation is 1. The molecular formula is C13H13ClN4O4S2. The predicted molar refractivity (Wildman–Crippen MR) is 90.6 cm³/mol. The summed E-state index contributed by atoms with van der Waals surface area (Å²) < 4.78 is 26.8. The molecule has 0 saturated heterocycles. The number of amides is 2. The lowest BCUT2D eigenvalue weighted by molar-refractivity contribution is -0.117. The zero-order valence-corrected chi connectivity index (χ0v) is 14.8. The number of halogens is 1. The number of benzene rings is 1. The lowest BCUT2D eigenvalue weighted by Crippen LogP contribution is -2.33. The highest BCUT2D eigenvalue weighted by molar-refractivity contribution is 7.93. The van der Waals surface area contributed by atoms with E-state index in [1.165, 1.54) is 24.3 Å². The minimum absolute atomic E-state index is 0.0134. The van der Waals surface area contributed by atoms with E-state index in [0.29, 0.717) is 10.7 Å². The van der Waals surface area contributed by atoms with E-state index in [9.17, 15) is 18.0 Å². The number of hydrogen-bond donors (Lipinski definition) is 3. The second kappa shape index (κ2) is 7.16. The van der Waals surface area contributed by atoms with Gasteiger partial charge in [0.15, 0.2) is 5.13 Å². The van der Waals surface area contributed by atoms with Crippen molar-refractivity contribution in [2.45, 2.75) is 11.8 Å². The highest BCUT2D eigenvalue weighted by atomic mass is 35.5. The van der Waals surface area contributed by atoms with Gasteiger partial charge in [-0.2, -0.15) is 0 Å². The predicted octanol–water partition coefficient (Wildman–Crippen LogP) is 1.12. The molecule has 24 heavy (non-hydrogen) atoms. The molecule has 1 aromatic heterocycles. The summed E-state index contributed by atoms with van der Waals surface area (Å²) in [6.45, 7) is 1.23. The second-order valence-corrected chi connectivity index (χ2v) is 7.76. The number of primary amides is 1. The highest BCUT2D eigenvalue weighted by Gasteiger charge is 2.20. The molecule has 0 saturated carbocycles. The number of aromatic nitrogens is 1. The molecule has 1 heterocycles. The van der Waals surface area contributed by atoms with Gasteiger partial charge in [-0.3, -0.25) is 14.3 Å². The van der Waals surface area contributed by atoms with Crippen LogP contribution in [0, 0.1) is 6.92 Å². The smallest absolute Gasteiger partial charge is 0.263 e. The lowest BCUT2D eigenvalue weighted by atomic mass is 10.4. The van der Waals surface area contributed by atoms with Gasteiger partial charge in [0.05, 0.1) is 17.1 Å². The molecule has 2 aromatic rings. The summed E-state index contributed by atoms with van der Waals surface area (Å²) in [6.07, 6.45) is 0. The van der Waals surface area contributed by atoms with E-state index in [2.05, 4.69) is 15.0 Å². The van der Waals surface area contributed by atoms with Gasteiger partial charge >= 0.3 is 0 Å². The van der Waals surface area contributed by atoms with Gasteiger partial charge < -0.3 is 11.1 Å². The number of carbonyl (C=O) groups excluding carboxylic acids is 2. The van der Waals surface area contributed by atoms with Crippen molar-refractivity contribution in [3.63, 3.8) is 0 Å². The first-order valence-electron chi connectivity index (χ1n) is 6.51. The Labute approximate surface area is 147 Å². The summed E-state index contributed by atoms with van der Waals surface area (Å²) in [4.78, 5) is 26.8. The van der Waals surface area contributed by atoms with Crippen LogP contribution in [0.2, 0.25) is 5.02 Å². The molecule has 0 aliphatic carbocycles. The number of rotatable bonds is 6. The number of nitrogens with zero attached hydrogens (tertiary/aromatic N) is 1. The average Bonchev–Trinajstić information content (AvgIpc) is 2.85. The van der Waals surface area contributed by atoms with Gasteiger partial charge in [-0.05, 0) is 31.2 Å². The molecule has 8 nitrogen and oxygen atoms in total. The third-order valence-corrected chi connectivity index (χ3v) is 5.58. The molecule has 0 unspecified atom stereocenters. The van der Waals surface area contributed by atoms with E-state index in [1.807, 2.05) is 0 Å². The number of sulfonamides is 1. The van der Waals surface area contributed by atoms with Crippen molar-refractivity contribution in [1.82, 2.24) is 10.3 Å². The maximum atomic E-state index is 12.3. The van der Waals surface area contributed by atoms with Crippen molar-refractivity contribution >= 4 is 49.9 Å². The van der Waals surface area contributed by atoms with E-state index >= 15 is 0 Å². The summed E-state index contributed by atoms with van der Waals surface area (Å²) >= 11 is 6.58. The van der Waals surface area contributed by atoms with Crippen LogP contribution in [-0.4, -0.2) is 31.8 Å². The van der Waals surface area contributed by atoms with Gasteiger partial charge in [-0.1, -0.05) is 22.9 Å². The summed E-state index contributed by atoms with van der Waals surface area (Å²) in [5, 5.41) is 2.76. The van der Waals surface area contributed by atoms with E-state index in [1.54, 1.807) is 6.92 Å². The maximum absolute atomic E-state index is 12.3. The minimum Gasteiger partial charge on any atom is -0.368 e. The molecular weight excluding hydrogens is 376 g/mol. The highest BCUT2D eigenvalue weighted by Crippen LogP contribution is 2.25. The topological polar surface area (TPSA) is 131 Å². The number of thiazole rings is 1. The van der Waals surface area contributed by atoms with Crippen LogP contribution in [0.25, 0.3) is 0 Å². The standard InChI is InChI=1S/C13H13ClN4O4S2/c1-7-11(12(20)16-6-10(15)19)23-13(17-7)18-24(21,22)9-4-2-8(14)3-5-9/h2-5H,6H2,1H3,(H2,15,19)(H,16,20)(H,17,18). The van der Waals surface area contributed by atoms with Crippen LogP contribution in [0.5, 0.6) is 0 Å². The van der Waals surface area contributed by atoms with Crippen LogP contribution in [-0.2, 0) is 14.8 Å². The number of anilines is 1. The summed E-state index contributed by atoms with van der Waals surface area (Å²) in [5.41, 5.74) is 5.28. The van der Waals surface area contributed by atoms with Crippen LogP contribution in [0.3, 0.4) is 0 Å². The van der Waals surface area contributed by atoms with Gasteiger partial charge in [0.25, 0.3) is 15.9 Å². The summed E-state index contributed by atoms with van der Waals surface area (Å²) in [5.74, 6) is -1.24. The van der Waals surface area contributed by atoms with Crippen molar-refractivity contribution < 1.29 is 18.0 Å². The first kappa shape index (κ1) is 18.2. The third kappa shape index (κ3) is 4.43.